The Morgan fingerprint density at radius 2 is 2.07 bits per heavy atom. The fourth-order valence-electron chi connectivity index (χ4n) is 4.36. The molecule has 2 aromatic heterocycles. The van der Waals surface area contributed by atoms with Gasteiger partial charge in [0.1, 0.15) is 17.3 Å². The van der Waals surface area contributed by atoms with Crippen LogP contribution in [-0.4, -0.2) is 34.1 Å². The van der Waals surface area contributed by atoms with Gasteiger partial charge in [0, 0.05) is 24.2 Å². The van der Waals surface area contributed by atoms with E-state index in [1.165, 1.54) is 6.20 Å². The third kappa shape index (κ3) is 1.87. The Hall–Kier alpha value is -3.15. The minimum absolute atomic E-state index is 0.154. The molecule has 1 aromatic carbocycles. The zero-order chi connectivity index (χ0) is 18.8. The first kappa shape index (κ1) is 16.1. The molecule has 2 unspecified atom stereocenters. The number of nitrogens with zero attached hydrogens (tertiary/aromatic N) is 4. The van der Waals surface area contributed by atoms with Gasteiger partial charge in [-0.2, -0.15) is 0 Å². The summed E-state index contributed by atoms with van der Waals surface area (Å²) in [4.78, 5) is 15.7. The lowest BCUT2D eigenvalue weighted by atomic mass is 9.74. The molecule has 0 radical (unpaired) electrons. The molecule has 0 fully saturated rings. The standard InChI is InChI=1S/C21H20N4O2/c1-4-20(2)15-10-13(26)11-23-19(15)25(3)21(20)12-24-17-8-7-16-14(18(17)27-21)6-5-9-22-16/h5-12,26H,4H2,1-3H3. The molecule has 1 spiro atoms. The van der Waals surface area contributed by atoms with E-state index < -0.39 is 11.1 Å². The molecule has 3 aromatic rings. The molecule has 2 aliphatic rings. The van der Waals surface area contributed by atoms with Gasteiger partial charge in [-0.3, -0.25) is 9.98 Å². The molecular weight excluding hydrogens is 340 g/mol. The fraction of sp³-hybridized carbons (Fsp3) is 0.286. The average Bonchev–Trinajstić information content (AvgIpc) is 2.87. The van der Waals surface area contributed by atoms with Crippen molar-refractivity contribution in [3.63, 3.8) is 0 Å². The first-order valence-corrected chi connectivity index (χ1v) is 9.05. The molecule has 0 saturated heterocycles. The fourth-order valence-corrected chi connectivity index (χ4v) is 4.36. The van der Waals surface area contributed by atoms with Crippen molar-refractivity contribution in [3.05, 3.63) is 48.3 Å². The average molecular weight is 360 g/mol. The molecule has 4 heterocycles. The Morgan fingerprint density at radius 3 is 2.89 bits per heavy atom. The number of hydrogen-bond acceptors (Lipinski definition) is 6. The summed E-state index contributed by atoms with van der Waals surface area (Å²) in [6, 6.07) is 9.59. The summed E-state index contributed by atoms with van der Waals surface area (Å²) in [6.45, 7) is 4.25. The molecule has 0 amide bonds. The minimum atomic E-state index is -0.831. The first-order valence-electron chi connectivity index (χ1n) is 9.05. The number of fused-ring (bicyclic) bond motifs is 4. The Morgan fingerprint density at radius 1 is 1.22 bits per heavy atom. The summed E-state index contributed by atoms with van der Waals surface area (Å²) in [5.41, 5.74) is 1.35. The van der Waals surface area contributed by atoms with E-state index in [1.54, 1.807) is 12.3 Å². The maximum absolute atomic E-state index is 10.0. The van der Waals surface area contributed by atoms with Gasteiger partial charge in [0.25, 0.3) is 0 Å². The van der Waals surface area contributed by atoms with Crippen LogP contribution in [0.1, 0.15) is 25.8 Å². The molecule has 5 rings (SSSR count). The number of anilines is 1. The Balaban J connectivity index is 1.76. The molecule has 2 aliphatic heterocycles. The van der Waals surface area contributed by atoms with Crippen molar-refractivity contribution >= 4 is 28.6 Å². The van der Waals surface area contributed by atoms with Gasteiger partial charge >= 0.3 is 0 Å². The number of aliphatic imine (C=N–C) groups is 1. The number of aromatic nitrogens is 2. The van der Waals surface area contributed by atoms with E-state index in [0.717, 1.165) is 40.1 Å². The lowest BCUT2D eigenvalue weighted by Gasteiger charge is -2.46. The summed E-state index contributed by atoms with van der Waals surface area (Å²) in [5.74, 6) is 1.68. The zero-order valence-electron chi connectivity index (χ0n) is 15.5. The molecule has 2 atom stereocenters. The molecule has 0 saturated carbocycles. The summed E-state index contributed by atoms with van der Waals surface area (Å²) in [7, 11) is 1.96. The van der Waals surface area contributed by atoms with Crippen molar-refractivity contribution in [2.24, 2.45) is 4.99 Å². The third-order valence-corrected chi connectivity index (χ3v) is 6.11. The number of rotatable bonds is 1. The zero-order valence-corrected chi connectivity index (χ0v) is 15.5. The number of likely N-dealkylation sites (N-methyl/N-ethyl adjacent to an activating group) is 1. The van der Waals surface area contributed by atoms with Crippen molar-refractivity contribution in [1.29, 1.82) is 0 Å². The van der Waals surface area contributed by atoms with Gasteiger partial charge in [-0.15, -0.1) is 0 Å². The first-order chi connectivity index (χ1) is 13.0. The molecule has 6 nitrogen and oxygen atoms in total. The van der Waals surface area contributed by atoms with Gasteiger partial charge < -0.3 is 14.7 Å². The van der Waals surface area contributed by atoms with Crippen molar-refractivity contribution < 1.29 is 9.84 Å². The SMILES string of the molecule is CCC1(C)c2cc(O)cnc2N(C)C12C=Nc1ccc3ncccc3c1O2. The number of aromatic hydroxyl groups is 1. The van der Waals surface area contributed by atoms with Gasteiger partial charge in [0.2, 0.25) is 5.72 Å². The summed E-state index contributed by atoms with van der Waals surface area (Å²) < 4.78 is 6.75. The van der Waals surface area contributed by atoms with E-state index in [1.807, 2.05) is 42.4 Å². The van der Waals surface area contributed by atoms with Crippen LogP contribution in [0, 0.1) is 0 Å². The summed E-state index contributed by atoms with van der Waals surface area (Å²) in [5, 5.41) is 11.0. The number of ether oxygens (including phenoxy) is 1. The highest BCUT2D eigenvalue weighted by atomic mass is 16.5. The van der Waals surface area contributed by atoms with Gasteiger partial charge in [0.15, 0.2) is 5.75 Å². The van der Waals surface area contributed by atoms with Crippen LogP contribution in [0.2, 0.25) is 0 Å². The van der Waals surface area contributed by atoms with Crippen molar-refractivity contribution in [2.45, 2.75) is 31.4 Å². The largest absolute Gasteiger partial charge is 0.506 e. The quantitative estimate of drug-likeness (QED) is 0.712. The van der Waals surface area contributed by atoms with Gasteiger partial charge in [-0.05, 0) is 43.7 Å². The number of pyridine rings is 2. The van der Waals surface area contributed by atoms with E-state index in [-0.39, 0.29) is 5.75 Å². The predicted octanol–water partition coefficient (Wildman–Crippen LogP) is 3.94. The topological polar surface area (TPSA) is 70.8 Å². The summed E-state index contributed by atoms with van der Waals surface area (Å²) >= 11 is 0. The van der Waals surface area contributed by atoms with E-state index in [2.05, 4.69) is 23.8 Å². The second kappa shape index (κ2) is 5.19. The summed E-state index contributed by atoms with van der Waals surface area (Å²) in [6.07, 6.45) is 5.91. The van der Waals surface area contributed by atoms with Crippen LogP contribution in [0.4, 0.5) is 11.5 Å². The number of benzene rings is 1. The van der Waals surface area contributed by atoms with Crippen LogP contribution in [0.5, 0.6) is 11.5 Å². The second-order valence-electron chi connectivity index (χ2n) is 7.35. The molecular formula is C21H20N4O2. The molecule has 0 aliphatic carbocycles. The molecule has 0 bridgehead atoms. The molecule has 136 valence electrons. The highest BCUT2D eigenvalue weighted by molar-refractivity contribution is 5.95. The van der Waals surface area contributed by atoms with Crippen molar-refractivity contribution in [3.8, 4) is 11.5 Å². The highest BCUT2D eigenvalue weighted by Crippen LogP contribution is 2.55. The van der Waals surface area contributed by atoms with E-state index in [9.17, 15) is 5.11 Å². The normalized spacial score (nSPS) is 25.5. The van der Waals surface area contributed by atoms with Crippen molar-refractivity contribution in [2.75, 3.05) is 11.9 Å². The van der Waals surface area contributed by atoms with Gasteiger partial charge in [-0.25, -0.2) is 4.98 Å². The smallest absolute Gasteiger partial charge is 0.230 e. The Kier molecular flexibility index (Phi) is 3.09. The Labute approximate surface area is 157 Å². The van der Waals surface area contributed by atoms with Gasteiger partial charge in [0.05, 0.1) is 23.3 Å². The van der Waals surface area contributed by atoms with Crippen molar-refractivity contribution in [1.82, 2.24) is 9.97 Å². The van der Waals surface area contributed by atoms with Crippen LogP contribution in [0.3, 0.4) is 0 Å². The third-order valence-electron chi connectivity index (χ3n) is 6.11. The molecule has 27 heavy (non-hydrogen) atoms. The van der Waals surface area contributed by atoms with Crippen LogP contribution in [0.25, 0.3) is 10.9 Å². The Bertz CT molecular complexity index is 1110. The van der Waals surface area contributed by atoms with E-state index in [0.29, 0.717) is 0 Å². The van der Waals surface area contributed by atoms with Crippen LogP contribution < -0.4 is 9.64 Å². The maximum Gasteiger partial charge on any atom is 0.230 e. The maximum atomic E-state index is 10.0. The van der Waals surface area contributed by atoms with Crippen LogP contribution in [-0.2, 0) is 5.41 Å². The lowest BCUT2D eigenvalue weighted by Crippen LogP contribution is -2.62. The van der Waals surface area contributed by atoms with Crippen LogP contribution >= 0.6 is 0 Å². The van der Waals surface area contributed by atoms with E-state index >= 15 is 0 Å². The van der Waals surface area contributed by atoms with Crippen LogP contribution in [0.15, 0.2) is 47.7 Å². The monoisotopic (exact) mass is 360 g/mol. The van der Waals surface area contributed by atoms with E-state index in [4.69, 9.17) is 9.73 Å². The molecule has 6 heteroatoms. The second-order valence-corrected chi connectivity index (χ2v) is 7.35. The minimum Gasteiger partial charge on any atom is -0.506 e. The highest BCUT2D eigenvalue weighted by Gasteiger charge is 2.61. The lowest BCUT2D eigenvalue weighted by molar-refractivity contribution is 0.0718. The van der Waals surface area contributed by atoms with Gasteiger partial charge in [-0.1, -0.05) is 6.92 Å². The molecule has 1 N–H and O–H groups in total. The predicted molar refractivity (Wildman–Crippen MR) is 105 cm³/mol. The number of hydrogen-bond donors (Lipinski definition) is 1.